The zero-order valence-electron chi connectivity index (χ0n) is 9.00. The van der Waals surface area contributed by atoms with E-state index in [1.807, 2.05) is 6.92 Å². The van der Waals surface area contributed by atoms with Crippen molar-refractivity contribution in [1.29, 1.82) is 0 Å². The van der Waals surface area contributed by atoms with Gasteiger partial charge in [0.25, 0.3) is 0 Å². The summed E-state index contributed by atoms with van der Waals surface area (Å²) in [6, 6.07) is -1.08. The summed E-state index contributed by atoms with van der Waals surface area (Å²) in [4.78, 5) is 0. The third kappa shape index (κ3) is 2.89. The highest BCUT2D eigenvalue weighted by Crippen LogP contribution is 2.19. The number of aliphatic hydroxyl groups is 4. The first-order chi connectivity index (χ1) is 7.11. The monoisotopic (exact) mass is 219 g/mol. The Hall–Kier alpha value is -0.200. The zero-order chi connectivity index (χ0) is 11.4. The lowest BCUT2D eigenvalue weighted by molar-refractivity contribution is -0.00435. The van der Waals surface area contributed by atoms with E-state index in [1.165, 1.54) is 0 Å². The highest BCUT2D eigenvalue weighted by Gasteiger charge is 2.43. The molecule has 1 saturated heterocycles. The molecular weight excluding hydrogens is 198 g/mol. The van der Waals surface area contributed by atoms with Crippen molar-refractivity contribution < 1.29 is 20.4 Å². The number of nitrogens with one attached hydrogen (secondary N) is 1. The fourth-order valence-corrected chi connectivity index (χ4v) is 1.99. The molecule has 1 aliphatic rings. The maximum atomic E-state index is 9.77. The van der Waals surface area contributed by atoms with Crippen molar-refractivity contribution in [3.8, 4) is 0 Å². The van der Waals surface area contributed by atoms with E-state index in [9.17, 15) is 15.3 Å². The number of hydrogen-bond donors (Lipinski definition) is 5. The summed E-state index contributed by atoms with van der Waals surface area (Å²) in [5, 5.41) is 40.7. The molecule has 15 heavy (non-hydrogen) atoms. The average Bonchev–Trinajstić information content (AvgIpc) is 2.52. The molecule has 0 bridgehead atoms. The maximum absolute atomic E-state index is 9.77. The first-order valence-corrected chi connectivity index (χ1v) is 5.53. The minimum Gasteiger partial charge on any atom is -0.395 e. The average molecular weight is 219 g/mol. The summed E-state index contributed by atoms with van der Waals surface area (Å²) in [7, 11) is 0. The Morgan fingerprint density at radius 3 is 2.40 bits per heavy atom. The van der Waals surface area contributed by atoms with Crippen LogP contribution in [-0.2, 0) is 0 Å². The SMILES string of the molecule is CCCCC(O)[C@H]1N[C@H](CO)[C@@H](O)[C@@H]1O. The van der Waals surface area contributed by atoms with Crippen LogP contribution < -0.4 is 5.32 Å². The molecule has 0 amide bonds. The van der Waals surface area contributed by atoms with Crippen LogP contribution in [-0.4, -0.2) is 57.4 Å². The van der Waals surface area contributed by atoms with E-state index in [4.69, 9.17) is 5.11 Å². The van der Waals surface area contributed by atoms with Crippen LogP contribution in [0.15, 0.2) is 0 Å². The molecule has 0 radical (unpaired) electrons. The maximum Gasteiger partial charge on any atom is 0.0993 e. The van der Waals surface area contributed by atoms with Gasteiger partial charge in [-0.3, -0.25) is 0 Å². The van der Waals surface area contributed by atoms with Gasteiger partial charge in [-0.25, -0.2) is 0 Å². The van der Waals surface area contributed by atoms with Crippen LogP contribution in [0, 0.1) is 0 Å². The van der Waals surface area contributed by atoms with E-state index in [-0.39, 0.29) is 6.61 Å². The molecule has 1 heterocycles. The van der Waals surface area contributed by atoms with E-state index in [0.29, 0.717) is 6.42 Å². The Balaban J connectivity index is 2.48. The van der Waals surface area contributed by atoms with Gasteiger partial charge in [-0.2, -0.15) is 0 Å². The molecule has 5 heteroatoms. The summed E-state index contributed by atoms with van der Waals surface area (Å²) >= 11 is 0. The first kappa shape index (κ1) is 12.9. The lowest BCUT2D eigenvalue weighted by atomic mass is 10.00. The van der Waals surface area contributed by atoms with E-state index < -0.39 is 30.4 Å². The fourth-order valence-electron chi connectivity index (χ4n) is 1.99. The van der Waals surface area contributed by atoms with E-state index in [0.717, 1.165) is 12.8 Å². The van der Waals surface area contributed by atoms with Crippen molar-refractivity contribution in [1.82, 2.24) is 5.32 Å². The molecule has 1 aliphatic heterocycles. The van der Waals surface area contributed by atoms with Crippen LogP contribution in [0.4, 0.5) is 0 Å². The standard InChI is InChI=1S/C10H21NO4/c1-2-3-4-7(13)8-10(15)9(14)6(5-12)11-8/h6-15H,2-5H2,1H3/t6-,7?,8-,9-,10-/m1/s1. The Bertz CT molecular complexity index is 190. The summed E-state index contributed by atoms with van der Waals surface area (Å²) in [6.45, 7) is 1.78. The molecule has 1 unspecified atom stereocenters. The molecule has 0 aromatic carbocycles. The smallest absolute Gasteiger partial charge is 0.0993 e. The Labute approximate surface area is 89.7 Å². The molecule has 0 saturated carbocycles. The molecule has 5 N–H and O–H groups in total. The van der Waals surface area contributed by atoms with Gasteiger partial charge < -0.3 is 25.7 Å². The van der Waals surface area contributed by atoms with Gasteiger partial charge in [-0.15, -0.1) is 0 Å². The molecule has 1 fully saturated rings. The molecule has 5 atom stereocenters. The Morgan fingerprint density at radius 1 is 1.27 bits per heavy atom. The molecule has 5 nitrogen and oxygen atoms in total. The molecule has 0 aromatic heterocycles. The molecule has 0 spiro atoms. The highest BCUT2D eigenvalue weighted by atomic mass is 16.3. The highest BCUT2D eigenvalue weighted by molar-refractivity contribution is 5.00. The van der Waals surface area contributed by atoms with E-state index in [1.54, 1.807) is 0 Å². The second kappa shape index (κ2) is 5.77. The summed E-state index contributed by atoms with van der Waals surface area (Å²) in [5.41, 5.74) is 0. The van der Waals surface area contributed by atoms with Gasteiger partial charge >= 0.3 is 0 Å². The molecule has 0 aromatic rings. The van der Waals surface area contributed by atoms with Crippen molar-refractivity contribution in [3.05, 3.63) is 0 Å². The minimum absolute atomic E-state index is 0.241. The quantitative estimate of drug-likeness (QED) is 0.392. The van der Waals surface area contributed by atoms with Crippen molar-refractivity contribution in [2.24, 2.45) is 0 Å². The number of aliphatic hydroxyl groups excluding tert-OH is 4. The van der Waals surface area contributed by atoms with Crippen LogP contribution in [0.3, 0.4) is 0 Å². The minimum atomic E-state index is -1.01. The van der Waals surface area contributed by atoms with Gasteiger partial charge in [-0.1, -0.05) is 19.8 Å². The van der Waals surface area contributed by atoms with Gasteiger partial charge in [0.2, 0.25) is 0 Å². The van der Waals surface area contributed by atoms with Crippen molar-refractivity contribution >= 4 is 0 Å². The third-order valence-electron chi connectivity index (χ3n) is 3.00. The van der Waals surface area contributed by atoms with Crippen LogP contribution in [0.5, 0.6) is 0 Å². The van der Waals surface area contributed by atoms with Gasteiger partial charge in [-0.05, 0) is 6.42 Å². The fraction of sp³-hybridized carbons (Fsp3) is 1.00. The number of unbranched alkanes of at least 4 members (excludes halogenated alkanes) is 1. The molecule has 0 aliphatic carbocycles. The number of hydrogen-bond acceptors (Lipinski definition) is 5. The predicted molar refractivity (Wildman–Crippen MR) is 55.3 cm³/mol. The summed E-state index contributed by atoms with van der Waals surface area (Å²) in [5.74, 6) is 0. The van der Waals surface area contributed by atoms with Crippen LogP contribution in [0.25, 0.3) is 0 Å². The summed E-state index contributed by atoms with van der Waals surface area (Å²) < 4.78 is 0. The van der Waals surface area contributed by atoms with Gasteiger partial charge in [0, 0.05) is 0 Å². The molecule has 90 valence electrons. The second-order valence-electron chi connectivity index (χ2n) is 4.17. The normalized spacial score (nSPS) is 38.2. The third-order valence-corrected chi connectivity index (χ3v) is 3.00. The summed E-state index contributed by atoms with van der Waals surface area (Å²) in [6.07, 6.45) is -0.232. The van der Waals surface area contributed by atoms with Gasteiger partial charge in [0.1, 0.15) is 0 Å². The largest absolute Gasteiger partial charge is 0.395 e. The van der Waals surface area contributed by atoms with Gasteiger partial charge in [0.05, 0.1) is 37.0 Å². The molecule has 1 rings (SSSR count). The van der Waals surface area contributed by atoms with Crippen LogP contribution >= 0.6 is 0 Å². The first-order valence-electron chi connectivity index (χ1n) is 5.53. The lowest BCUT2D eigenvalue weighted by Gasteiger charge is -2.21. The zero-order valence-corrected chi connectivity index (χ0v) is 9.00. The Kier molecular flexibility index (Phi) is 4.95. The van der Waals surface area contributed by atoms with E-state index in [2.05, 4.69) is 5.32 Å². The van der Waals surface area contributed by atoms with Gasteiger partial charge in [0.15, 0.2) is 0 Å². The van der Waals surface area contributed by atoms with Crippen molar-refractivity contribution in [2.75, 3.05) is 6.61 Å². The second-order valence-corrected chi connectivity index (χ2v) is 4.17. The van der Waals surface area contributed by atoms with E-state index >= 15 is 0 Å². The topological polar surface area (TPSA) is 93.0 Å². The van der Waals surface area contributed by atoms with Crippen molar-refractivity contribution in [2.45, 2.75) is 56.6 Å². The Morgan fingerprint density at radius 2 is 1.93 bits per heavy atom. The van der Waals surface area contributed by atoms with Crippen LogP contribution in [0.2, 0.25) is 0 Å². The predicted octanol–water partition coefficient (Wildman–Crippen LogP) is -1.41. The lowest BCUT2D eigenvalue weighted by Crippen LogP contribution is -2.44. The molecular formula is C10H21NO4. The van der Waals surface area contributed by atoms with Crippen molar-refractivity contribution in [3.63, 3.8) is 0 Å². The number of rotatable bonds is 5. The van der Waals surface area contributed by atoms with Crippen LogP contribution in [0.1, 0.15) is 26.2 Å².